The van der Waals surface area contributed by atoms with E-state index in [1.807, 2.05) is 0 Å². The van der Waals surface area contributed by atoms with E-state index < -0.39 is 17.6 Å². The van der Waals surface area contributed by atoms with Crippen LogP contribution in [0.1, 0.15) is 39.3 Å². The van der Waals surface area contributed by atoms with Gasteiger partial charge < -0.3 is 10.1 Å². The highest BCUT2D eigenvalue weighted by Gasteiger charge is 2.18. The van der Waals surface area contributed by atoms with Crippen LogP contribution in [0.2, 0.25) is 0 Å². The highest BCUT2D eigenvalue weighted by atomic mass is 19.1. The van der Waals surface area contributed by atoms with Gasteiger partial charge in [0.05, 0.1) is 6.04 Å². The molecule has 4 nitrogen and oxygen atoms in total. The summed E-state index contributed by atoms with van der Waals surface area (Å²) in [4.78, 5) is 14.9. The molecule has 0 saturated heterocycles. The average molecular weight is 240 g/mol. The average Bonchev–Trinajstić information content (AvgIpc) is 2.14. The Balaban J connectivity index is 2.61. The van der Waals surface area contributed by atoms with Crippen LogP contribution in [0.25, 0.3) is 0 Å². The summed E-state index contributed by atoms with van der Waals surface area (Å²) < 4.78 is 18.0. The molecule has 17 heavy (non-hydrogen) atoms. The number of hydrogen-bond donors (Lipinski definition) is 1. The van der Waals surface area contributed by atoms with E-state index >= 15 is 0 Å². The normalized spacial score (nSPS) is 13.0. The molecule has 0 spiro atoms. The van der Waals surface area contributed by atoms with E-state index in [9.17, 15) is 9.18 Å². The number of pyridine rings is 1. The second-order valence-electron chi connectivity index (χ2n) is 4.78. The third kappa shape index (κ3) is 4.80. The van der Waals surface area contributed by atoms with Crippen molar-refractivity contribution in [2.45, 2.75) is 39.3 Å². The van der Waals surface area contributed by atoms with Crippen molar-refractivity contribution < 1.29 is 13.9 Å². The fraction of sp³-hybridized carbons (Fsp3) is 0.500. The molecule has 0 radical (unpaired) electrons. The quantitative estimate of drug-likeness (QED) is 0.809. The summed E-state index contributed by atoms with van der Waals surface area (Å²) in [5.41, 5.74) is 0.0937. The molecule has 1 aromatic rings. The van der Waals surface area contributed by atoms with Gasteiger partial charge in [0.25, 0.3) is 0 Å². The first-order chi connectivity index (χ1) is 7.78. The van der Waals surface area contributed by atoms with Crippen molar-refractivity contribution in [2.75, 3.05) is 0 Å². The van der Waals surface area contributed by atoms with Crippen LogP contribution in [0.5, 0.6) is 0 Å². The number of alkyl carbamates (subject to hydrolysis) is 1. The first-order valence-electron chi connectivity index (χ1n) is 5.39. The van der Waals surface area contributed by atoms with Gasteiger partial charge in [-0.1, -0.05) is 0 Å². The molecule has 1 amide bonds. The van der Waals surface area contributed by atoms with E-state index in [2.05, 4.69) is 10.3 Å². The number of amides is 1. The molecule has 0 fully saturated rings. The van der Waals surface area contributed by atoms with Gasteiger partial charge in [0, 0.05) is 6.20 Å². The Hall–Kier alpha value is -1.65. The number of nitrogens with zero attached hydrogens (tertiary/aromatic N) is 1. The maximum Gasteiger partial charge on any atom is 0.408 e. The van der Waals surface area contributed by atoms with Crippen LogP contribution in [0.15, 0.2) is 18.3 Å². The number of halogens is 1. The highest BCUT2D eigenvalue weighted by Crippen LogP contribution is 2.13. The van der Waals surface area contributed by atoms with Gasteiger partial charge in [-0.25, -0.2) is 9.78 Å². The number of nitrogens with one attached hydrogen (secondary N) is 1. The molecule has 1 atom stereocenters. The number of hydrogen-bond acceptors (Lipinski definition) is 3. The molecule has 1 N–H and O–H groups in total. The Labute approximate surface area is 100 Å². The topological polar surface area (TPSA) is 51.2 Å². The van der Waals surface area contributed by atoms with Gasteiger partial charge in [-0.05, 0) is 45.4 Å². The van der Waals surface area contributed by atoms with E-state index in [1.165, 1.54) is 12.3 Å². The van der Waals surface area contributed by atoms with E-state index in [1.54, 1.807) is 33.8 Å². The third-order valence-corrected chi connectivity index (χ3v) is 1.98. The summed E-state index contributed by atoms with van der Waals surface area (Å²) in [5.74, 6) is -0.569. The first-order valence-corrected chi connectivity index (χ1v) is 5.39. The number of carbonyl (C=O) groups is 1. The summed E-state index contributed by atoms with van der Waals surface area (Å²) in [5, 5.41) is 2.62. The SMILES string of the molecule is CC(NC(=O)OC(C)(C)C)c1ccnc(F)c1. The smallest absolute Gasteiger partial charge is 0.408 e. The Morgan fingerprint density at radius 1 is 1.53 bits per heavy atom. The van der Waals surface area contributed by atoms with Gasteiger partial charge in [0.2, 0.25) is 5.95 Å². The van der Waals surface area contributed by atoms with E-state index in [4.69, 9.17) is 4.74 Å². The number of ether oxygens (including phenoxy) is 1. The third-order valence-electron chi connectivity index (χ3n) is 1.98. The zero-order valence-electron chi connectivity index (χ0n) is 10.5. The lowest BCUT2D eigenvalue weighted by Gasteiger charge is -2.22. The predicted molar refractivity (Wildman–Crippen MR) is 62.0 cm³/mol. The van der Waals surface area contributed by atoms with Crippen molar-refractivity contribution in [3.8, 4) is 0 Å². The molecule has 1 heterocycles. The van der Waals surface area contributed by atoms with E-state index in [-0.39, 0.29) is 6.04 Å². The standard InChI is InChI=1S/C12H17FN2O2/c1-8(9-5-6-14-10(13)7-9)15-11(16)17-12(2,3)4/h5-8H,1-4H3,(H,15,16). The van der Waals surface area contributed by atoms with Crippen LogP contribution in [-0.4, -0.2) is 16.7 Å². The largest absolute Gasteiger partial charge is 0.444 e. The molecule has 1 unspecified atom stereocenters. The van der Waals surface area contributed by atoms with Crippen molar-refractivity contribution in [1.82, 2.24) is 10.3 Å². The van der Waals surface area contributed by atoms with Crippen molar-refractivity contribution in [3.05, 3.63) is 29.8 Å². The number of rotatable bonds is 2. The Kier molecular flexibility index (Phi) is 4.04. The Morgan fingerprint density at radius 3 is 2.71 bits per heavy atom. The second-order valence-corrected chi connectivity index (χ2v) is 4.78. The van der Waals surface area contributed by atoms with Crippen LogP contribution in [-0.2, 0) is 4.74 Å². The summed E-state index contributed by atoms with van der Waals surface area (Å²) in [6, 6.07) is 2.59. The van der Waals surface area contributed by atoms with Crippen LogP contribution in [0.3, 0.4) is 0 Å². The predicted octanol–water partition coefficient (Wildman–Crippen LogP) is 2.81. The minimum atomic E-state index is -0.569. The van der Waals surface area contributed by atoms with Gasteiger partial charge in [0.15, 0.2) is 0 Å². The lowest BCUT2D eigenvalue weighted by Crippen LogP contribution is -2.34. The molecule has 1 rings (SSSR count). The molecule has 0 aromatic carbocycles. The first kappa shape index (κ1) is 13.4. The van der Waals surface area contributed by atoms with Crippen molar-refractivity contribution in [3.63, 3.8) is 0 Å². The van der Waals surface area contributed by atoms with Gasteiger partial charge >= 0.3 is 6.09 Å². The monoisotopic (exact) mass is 240 g/mol. The van der Waals surface area contributed by atoms with Crippen LogP contribution >= 0.6 is 0 Å². The summed E-state index contributed by atoms with van der Waals surface area (Å²) >= 11 is 0. The van der Waals surface area contributed by atoms with Crippen LogP contribution < -0.4 is 5.32 Å². The molecular weight excluding hydrogens is 223 g/mol. The van der Waals surface area contributed by atoms with Crippen LogP contribution in [0, 0.1) is 5.95 Å². The fourth-order valence-electron chi connectivity index (χ4n) is 1.25. The lowest BCUT2D eigenvalue weighted by molar-refractivity contribution is 0.0508. The summed E-state index contributed by atoms with van der Waals surface area (Å²) in [6.45, 7) is 7.09. The molecule has 1 aromatic heterocycles. The molecule has 0 aliphatic heterocycles. The molecule has 0 aliphatic carbocycles. The zero-order valence-corrected chi connectivity index (χ0v) is 10.5. The number of carbonyl (C=O) groups excluding carboxylic acids is 1. The summed E-state index contributed by atoms with van der Waals surface area (Å²) in [7, 11) is 0. The highest BCUT2D eigenvalue weighted by molar-refractivity contribution is 5.68. The van der Waals surface area contributed by atoms with E-state index in [0.29, 0.717) is 5.56 Å². The molecule has 0 aliphatic rings. The van der Waals surface area contributed by atoms with Crippen LogP contribution in [0.4, 0.5) is 9.18 Å². The molecule has 94 valence electrons. The molecular formula is C12H17FN2O2. The minimum Gasteiger partial charge on any atom is -0.444 e. The fourth-order valence-corrected chi connectivity index (χ4v) is 1.25. The molecule has 0 bridgehead atoms. The maximum atomic E-state index is 12.9. The Bertz CT molecular complexity index is 402. The van der Waals surface area contributed by atoms with Gasteiger partial charge in [-0.2, -0.15) is 4.39 Å². The summed E-state index contributed by atoms with van der Waals surface area (Å²) in [6.07, 6.45) is 0.833. The van der Waals surface area contributed by atoms with Gasteiger partial charge in [-0.3, -0.25) is 0 Å². The zero-order chi connectivity index (χ0) is 13.1. The Morgan fingerprint density at radius 2 is 2.18 bits per heavy atom. The van der Waals surface area contributed by atoms with Gasteiger partial charge in [-0.15, -0.1) is 0 Å². The van der Waals surface area contributed by atoms with Crippen molar-refractivity contribution in [1.29, 1.82) is 0 Å². The van der Waals surface area contributed by atoms with E-state index in [0.717, 1.165) is 0 Å². The lowest BCUT2D eigenvalue weighted by atomic mass is 10.1. The molecule has 0 saturated carbocycles. The maximum absolute atomic E-state index is 12.9. The minimum absolute atomic E-state index is 0.331. The number of aromatic nitrogens is 1. The van der Waals surface area contributed by atoms with Crippen molar-refractivity contribution in [2.24, 2.45) is 0 Å². The molecule has 5 heteroatoms. The van der Waals surface area contributed by atoms with Crippen molar-refractivity contribution >= 4 is 6.09 Å². The van der Waals surface area contributed by atoms with Gasteiger partial charge in [0.1, 0.15) is 5.60 Å². The second kappa shape index (κ2) is 5.12.